The van der Waals surface area contributed by atoms with Crippen LogP contribution in [0.25, 0.3) is 0 Å². The van der Waals surface area contributed by atoms with Crippen molar-refractivity contribution in [1.82, 2.24) is 0 Å². The first kappa shape index (κ1) is 7.79. The van der Waals surface area contributed by atoms with Crippen molar-refractivity contribution in [2.45, 2.75) is 38.7 Å². The van der Waals surface area contributed by atoms with E-state index in [0.717, 1.165) is 5.92 Å². The smallest absolute Gasteiger partial charge is 0.110 e. The fourth-order valence-corrected chi connectivity index (χ4v) is 1.92. The van der Waals surface area contributed by atoms with E-state index < -0.39 is 0 Å². The lowest BCUT2D eigenvalue weighted by atomic mass is 9.89. The van der Waals surface area contributed by atoms with E-state index >= 15 is 0 Å². The van der Waals surface area contributed by atoms with Gasteiger partial charge in [0.25, 0.3) is 0 Å². The Kier molecular flexibility index (Phi) is 3.26. The molecule has 0 heterocycles. The van der Waals surface area contributed by atoms with Crippen molar-refractivity contribution in [1.29, 1.82) is 0 Å². The zero-order chi connectivity index (χ0) is 6.69. The van der Waals surface area contributed by atoms with E-state index in [0.29, 0.717) is 6.10 Å². The van der Waals surface area contributed by atoms with E-state index in [2.05, 4.69) is 6.92 Å². The molecular weight excluding hydrogens is 227 g/mol. The van der Waals surface area contributed by atoms with E-state index in [-0.39, 0.29) is 0 Å². The lowest BCUT2D eigenvalue weighted by molar-refractivity contribution is 0.179. The van der Waals surface area contributed by atoms with Gasteiger partial charge in [-0.15, -0.1) is 0 Å². The molecule has 9 heavy (non-hydrogen) atoms. The molecule has 0 aromatic heterocycles. The Balaban J connectivity index is 2.23. The Bertz CT molecular complexity index is 85.0. The van der Waals surface area contributed by atoms with Crippen LogP contribution >= 0.6 is 23.0 Å². The molecule has 1 nitrogen and oxygen atoms in total. The topological polar surface area (TPSA) is 9.23 Å². The van der Waals surface area contributed by atoms with Crippen LogP contribution in [0.3, 0.4) is 0 Å². The van der Waals surface area contributed by atoms with Crippen LogP contribution in [0.15, 0.2) is 0 Å². The molecule has 0 saturated heterocycles. The SMILES string of the molecule is CC1CCCC(OI)C1. The predicted molar refractivity (Wildman–Crippen MR) is 46.5 cm³/mol. The maximum absolute atomic E-state index is 5.23. The Morgan fingerprint density at radius 3 is 2.67 bits per heavy atom. The highest BCUT2D eigenvalue weighted by atomic mass is 127. The van der Waals surface area contributed by atoms with Crippen molar-refractivity contribution in [2.75, 3.05) is 0 Å². The van der Waals surface area contributed by atoms with Gasteiger partial charge in [-0.3, -0.25) is 0 Å². The lowest BCUT2D eigenvalue weighted by Gasteiger charge is -2.23. The standard InChI is InChI=1S/C7H13IO/c1-6-3-2-4-7(5-6)9-8/h6-7H,2-5H2,1H3. The van der Waals surface area contributed by atoms with Gasteiger partial charge in [0.2, 0.25) is 0 Å². The third-order valence-corrected chi connectivity index (χ3v) is 2.73. The highest BCUT2D eigenvalue weighted by Crippen LogP contribution is 2.26. The van der Waals surface area contributed by atoms with Crippen LogP contribution in [0, 0.1) is 5.92 Å². The minimum Gasteiger partial charge on any atom is -0.312 e. The molecule has 1 saturated carbocycles. The quantitative estimate of drug-likeness (QED) is 0.640. The fraction of sp³-hybridized carbons (Fsp3) is 1.00. The molecule has 0 amide bonds. The summed E-state index contributed by atoms with van der Waals surface area (Å²) in [7, 11) is 0. The van der Waals surface area contributed by atoms with Crippen molar-refractivity contribution in [2.24, 2.45) is 5.92 Å². The maximum atomic E-state index is 5.23. The van der Waals surface area contributed by atoms with Crippen molar-refractivity contribution in [3.63, 3.8) is 0 Å². The highest BCUT2D eigenvalue weighted by Gasteiger charge is 2.18. The van der Waals surface area contributed by atoms with Gasteiger partial charge in [-0.2, -0.15) is 0 Å². The monoisotopic (exact) mass is 240 g/mol. The van der Waals surface area contributed by atoms with Gasteiger partial charge in [-0.1, -0.05) is 19.8 Å². The van der Waals surface area contributed by atoms with Gasteiger partial charge in [0.05, 0.1) is 6.10 Å². The first-order chi connectivity index (χ1) is 4.33. The van der Waals surface area contributed by atoms with Crippen LogP contribution in [0.4, 0.5) is 0 Å². The number of hydrogen-bond donors (Lipinski definition) is 0. The van der Waals surface area contributed by atoms with Crippen LogP contribution in [0.5, 0.6) is 0 Å². The Labute approximate surface area is 70.9 Å². The largest absolute Gasteiger partial charge is 0.312 e. The lowest BCUT2D eigenvalue weighted by Crippen LogP contribution is -2.17. The summed E-state index contributed by atoms with van der Waals surface area (Å²) >= 11 is 2.02. The number of halogens is 1. The number of hydrogen-bond acceptors (Lipinski definition) is 1. The highest BCUT2D eigenvalue weighted by molar-refractivity contribution is 14.1. The van der Waals surface area contributed by atoms with Crippen LogP contribution in [-0.2, 0) is 3.07 Å². The summed E-state index contributed by atoms with van der Waals surface area (Å²) in [5.41, 5.74) is 0. The normalized spacial score (nSPS) is 36.7. The van der Waals surface area contributed by atoms with Crippen molar-refractivity contribution in [3.05, 3.63) is 0 Å². The predicted octanol–water partition coefficient (Wildman–Crippen LogP) is 2.93. The molecule has 0 N–H and O–H groups in total. The molecule has 0 aromatic carbocycles. The molecule has 0 radical (unpaired) electrons. The van der Waals surface area contributed by atoms with E-state index in [1.54, 1.807) is 0 Å². The Hall–Kier alpha value is 0.690. The summed E-state index contributed by atoms with van der Waals surface area (Å²) in [5.74, 6) is 0.888. The third kappa shape index (κ3) is 2.42. The van der Waals surface area contributed by atoms with Gasteiger partial charge >= 0.3 is 0 Å². The molecule has 1 fully saturated rings. The first-order valence-electron chi connectivity index (χ1n) is 3.60. The summed E-state index contributed by atoms with van der Waals surface area (Å²) in [4.78, 5) is 0. The average molecular weight is 240 g/mol. The summed E-state index contributed by atoms with van der Waals surface area (Å²) in [5, 5.41) is 0. The average Bonchev–Trinajstić information content (AvgIpc) is 1.88. The molecule has 2 heteroatoms. The van der Waals surface area contributed by atoms with Crippen LogP contribution < -0.4 is 0 Å². The molecule has 1 rings (SSSR count). The molecule has 1 aliphatic carbocycles. The van der Waals surface area contributed by atoms with Gasteiger partial charge in [0.1, 0.15) is 23.0 Å². The Morgan fingerprint density at radius 2 is 2.22 bits per heavy atom. The van der Waals surface area contributed by atoms with Crippen molar-refractivity contribution in [3.8, 4) is 0 Å². The summed E-state index contributed by atoms with van der Waals surface area (Å²) < 4.78 is 5.23. The van der Waals surface area contributed by atoms with Gasteiger partial charge < -0.3 is 3.07 Å². The van der Waals surface area contributed by atoms with Gasteiger partial charge in [-0.25, -0.2) is 0 Å². The zero-order valence-electron chi connectivity index (χ0n) is 5.77. The second-order valence-corrected chi connectivity index (χ2v) is 3.49. The first-order valence-corrected chi connectivity index (χ1v) is 4.48. The van der Waals surface area contributed by atoms with Gasteiger partial charge in [-0.05, 0) is 18.8 Å². The maximum Gasteiger partial charge on any atom is 0.110 e. The summed E-state index contributed by atoms with van der Waals surface area (Å²) in [6.45, 7) is 2.31. The second-order valence-electron chi connectivity index (χ2n) is 2.98. The molecule has 0 bridgehead atoms. The number of rotatable bonds is 1. The van der Waals surface area contributed by atoms with Crippen LogP contribution in [-0.4, -0.2) is 6.10 Å². The van der Waals surface area contributed by atoms with E-state index in [9.17, 15) is 0 Å². The molecule has 2 atom stereocenters. The van der Waals surface area contributed by atoms with Crippen LogP contribution in [0.1, 0.15) is 32.6 Å². The molecule has 1 aliphatic rings. The van der Waals surface area contributed by atoms with E-state index in [1.165, 1.54) is 25.7 Å². The van der Waals surface area contributed by atoms with Gasteiger partial charge in [0, 0.05) is 0 Å². The van der Waals surface area contributed by atoms with Crippen molar-refractivity contribution >= 4 is 23.0 Å². The Morgan fingerprint density at radius 1 is 1.44 bits per heavy atom. The molecule has 0 aromatic rings. The fourth-order valence-electron chi connectivity index (χ4n) is 1.46. The summed E-state index contributed by atoms with van der Waals surface area (Å²) in [6.07, 6.45) is 5.84. The second kappa shape index (κ2) is 3.76. The third-order valence-electron chi connectivity index (χ3n) is 2.01. The molecule has 2 unspecified atom stereocenters. The summed E-state index contributed by atoms with van der Waals surface area (Å²) in [6, 6.07) is 0. The van der Waals surface area contributed by atoms with Crippen molar-refractivity contribution < 1.29 is 3.07 Å². The molecule has 0 spiro atoms. The van der Waals surface area contributed by atoms with E-state index in [4.69, 9.17) is 3.07 Å². The molecule has 0 aliphatic heterocycles. The zero-order valence-corrected chi connectivity index (χ0v) is 7.93. The molecular formula is C7H13IO. The minimum atomic E-state index is 0.550. The van der Waals surface area contributed by atoms with Crippen LogP contribution in [0.2, 0.25) is 0 Å². The molecule has 54 valence electrons. The minimum absolute atomic E-state index is 0.550. The van der Waals surface area contributed by atoms with Gasteiger partial charge in [0.15, 0.2) is 0 Å². The van der Waals surface area contributed by atoms with E-state index in [1.807, 2.05) is 23.0 Å².